The molecule has 2 nitrogen and oxygen atoms in total. The van der Waals surface area contributed by atoms with Gasteiger partial charge >= 0.3 is 0 Å². The zero-order chi connectivity index (χ0) is 12.5. The van der Waals surface area contributed by atoms with E-state index in [0.717, 1.165) is 6.04 Å². The van der Waals surface area contributed by atoms with Crippen LogP contribution in [0.25, 0.3) is 0 Å². The van der Waals surface area contributed by atoms with E-state index in [1.807, 2.05) is 0 Å². The van der Waals surface area contributed by atoms with Crippen molar-refractivity contribution < 1.29 is 0 Å². The predicted molar refractivity (Wildman–Crippen MR) is 75.8 cm³/mol. The summed E-state index contributed by atoms with van der Waals surface area (Å²) in [5, 5.41) is 3.57. The third kappa shape index (κ3) is 1.98. The summed E-state index contributed by atoms with van der Waals surface area (Å²) in [4.78, 5) is 2.73. The molecule has 1 saturated heterocycles. The molecule has 98 valence electrons. The van der Waals surface area contributed by atoms with Crippen molar-refractivity contribution in [2.24, 2.45) is 0 Å². The summed E-state index contributed by atoms with van der Waals surface area (Å²) in [7, 11) is 2.11. The van der Waals surface area contributed by atoms with Crippen LogP contribution in [0.2, 0.25) is 0 Å². The van der Waals surface area contributed by atoms with E-state index >= 15 is 0 Å². The van der Waals surface area contributed by atoms with Crippen molar-refractivity contribution in [1.29, 1.82) is 0 Å². The summed E-state index contributed by atoms with van der Waals surface area (Å²) in [5.41, 5.74) is 3.07. The van der Waals surface area contributed by atoms with Crippen molar-refractivity contribution >= 4 is 0 Å². The predicted octanol–water partition coefficient (Wildman–Crippen LogP) is 2.75. The Hall–Kier alpha value is -0.860. The van der Waals surface area contributed by atoms with Gasteiger partial charge in [-0.3, -0.25) is 4.90 Å². The molecule has 0 radical (unpaired) electrons. The van der Waals surface area contributed by atoms with Crippen LogP contribution in [-0.4, -0.2) is 30.6 Å². The Morgan fingerprint density at radius 3 is 2.78 bits per heavy atom. The van der Waals surface area contributed by atoms with Gasteiger partial charge in [0.2, 0.25) is 0 Å². The van der Waals surface area contributed by atoms with Crippen molar-refractivity contribution in [3.63, 3.8) is 0 Å². The molecule has 3 atom stereocenters. The molecule has 0 aromatic heterocycles. The van der Waals surface area contributed by atoms with Crippen LogP contribution in [0.4, 0.5) is 0 Å². The van der Waals surface area contributed by atoms with Crippen LogP contribution in [0.1, 0.15) is 43.4 Å². The largest absolute Gasteiger partial charge is 0.312 e. The van der Waals surface area contributed by atoms with Crippen molar-refractivity contribution in [2.45, 2.75) is 50.7 Å². The Labute approximate surface area is 110 Å². The van der Waals surface area contributed by atoms with E-state index in [1.165, 1.54) is 37.8 Å². The second kappa shape index (κ2) is 5.02. The van der Waals surface area contributed by atoms with Gasteiger partial charge in [-0.25, -0.2) is 0 Å². The van der Waals surface area contributed by atoms with Gasteiger partial charge in [-0.05, 0) is 57.3 Å². The molecule has 3 rings (SSSR count). The van der Waals surface area contributed by atoms with Gasteiger partial charge in [0, 0.05) is 18.1 Å². The lowest BCUT2D eigenvalue weighted by Gasteiger charge is -2.41. The number of rotatable bonds is 2. The lowest BCUT2D eigenvalue weighted by Crippen LogP contribution is -2.47. The molecule has 1 fully saturated rings. The molecule has 1 heterocycles. The van der Waals surface area contributed by atoms with E-state index < -0.39 is 0 Å². The van der Waals surface area contributed by atoms with Gasteiger partial charge in [0.15, 0.2) is 0 Å². The second-order valence-electron chi connectivity index (χ2n) is 5.80. The highest BCUT2D eigenvalue weighted by Gasteiger charge is 2.36. The van der Waals surface area contributed by atoms with Gasteiger partial charge in [-0.15, -0.1) is 0 Å². The number of hydrogen-bond donors (Lipinski definition) is 1. The lowest BCUT2D eigenvalue weighted by molar-refractivity contribution is 0.137. The van der Waals surface area contributed by atoms with Crippen LogP contribution in [0.3, 0.4) is 0 Å². The molecule has 2 aliphatic rings. The topological polar surface area (TPSA) is 15.3 Å². The summed E-state index contributed by atoms with van der Waals surface area (Å²) in [6.07, 6.45) is 5.28. The summed E-state index contributed by atoms with van der Waals surface area (Å²) < 4.78 is 0. The van der Waals surface area contributed by atoms with E-state index in [-0.39, 0.29) is 0 Å². The van der Waals surface area contributed by atoms with E-state index in [2.05, 4.69) is 48.5 Å². The van der Waals surface area contributed by atoms with Crippen LogP contribution in [0.5, 0.6) is 0 Å². The molecule has 18 heavy (non-hydrogen) atoms. The maximum atomic E-state index is 3.57. The lowest BCUT2D eigenvalue weighted by atomic mass is 9.83. The molecule has 1 N–H and O–H groups in total. The fourth-order valence-corrected chi connectivity index (χ4v) is 3.90. The van der Waals surface area contributed by atoms with Gasteiger partial charge in [-0.1, -0.05) is 24.3 Å². The normalized spacial score (nSPS) is 32.4. The van der Waals surface area contributed by atoms with E-state index in [9.17, 15) is 0 Å². The van der Waals surface area contributed by atoms with Gasteiger partial charge in [-0.2, -0.15) is 0 Å². The fourth-order valence-electron chi connectivity index (χ4n) is 3.90. The standard InChI is InChI=1S/C16H24N2/c1-12-6-5-11-18(12)15-10-9-13-7-3-4-8-14(13)16(15)17-2/h3-4,7-8,12,15-17H,5-6,9-11H2,1-2H3. The first-order chi connectivity index (χ1) is 8.81. The Morgan fingerprint density at radius 1 is 1.22 bits per heavy atom. The number of fused-ring (bicyclic) bond motifs is 1. The van der Waals surface area contributed by atoms with Crippen LogP contribution < -0.4 is 5.32 Å². The fraction of sp³-hybridized carbons (Fsp3) is 0.625. The van der Waals surface area contributed by atoms with E-state index in [4.69, 9.17) is 0 Å². The van der Waals surface area contributed by atoms with Crippen molar-refractivity contribution in [1.82, 2.24) is 10.2 Å². The first-order valence-corrected chi connectivity index (χ1v) is 7.32. The number of nitrogens with zero attached hydrogens (tertiary/aromatic N) is 1. The number of likely N-dealkylation sites (tertiary alicyclic amines) is 1. The average molecular weight is 244 g/mol. The van der Waals surface area contributed by atoms with Crippen molar-refractivity contribution in [3.05, 3.63) is 35.4 Å². The van der Waals surface area contributed by atoms with Crippen LogP contribution in [0.15, 0.2) is 24.3 Å². The average Bonchev–Trinajstić information content (AvgIpc) is 2.83. The number of hydrogen-bond acceptors (Lipinski definition) is 2. The first kappa shape index (κ1) is 12.2. The Balaban J connectivity index is 1.89. The van der Waals surface area contributed by atoms with E-state index in [0.29, 0.717) is 12.1 Å². The summed E-state index contributed by atoms with van der Waals surface area (Å²) in [5.74, 6) is 0. The third-order valence-corrected chi connectivity index (χ3v) is 4.83. The molecule has 1 aromatic carbocycles. The molecule has 1 aliphatic heterocycles. The number of benzene rings is 1. The van der Waals surface area contributed by atoms with Gasteiger partial charge in [0.25, 0.3) is 0 Å². The molecule has 1 aromatic rings. The number of nitrogens with one attached hydrogen (secondary N) is 1. The van der Waals surface area contributed by atoms with Crippen LogP contribution in [-0.2, 0) is 6.42 Å². The zero-order valence-electron chi connectivity index (χ0n) is 11.5. The Morgan fingerprint density at radius 2 is 2.06 bits per heavy atom. The highest BCUT2D eigenvalue weighted by Crippen LogP contribution is 2.35. The molecule has 3 unspecified atom stereocenters. The van der Waals surface area contributed by atoms with Crippen LogP contribution >= 0.6 is 0 Å². The quantitative estimate of drug-likeness (QED) is 0.860. The number of likely N-dealkylation sites (N-methyl/N-ethyl adjacent to an activating group) is 1. The highest BCUT2D eigenvalue weighted by molar-refractivity contribution is 5.34. The third-order valence-electron chi connectivity index (χ3n) is 4.83. The molecule has 0 saturated carbocycles. The molecule has 0 amide bonds. The minimum atomic E-state index is 0.510. The number of aryl methyl sites for hydroxylation is 1. The molecular formula is C16H24N2. The maximum absolute atomic E-state index is 3.57. The summed E-state index contributed by atoms with van der Waals surface area (Å²) in [6, 6.07) is 10.9. The van der Waals surface area contributed by atoms with Gasteiger partial charge < -0.3 is 5.32 Å². The summed E-state index contributed by atoms with van der Waals surface area (Å²) >= 11 is 0. The van der Waals surface area contributed by atoms with E-state index in [1.54, 1.807) is 5.56 Å². The van der Waals surface area contributed by atoms with Crippen LogP contribution in [0, 0.1) is 0 Å². The molecule has 2 heteroatoms. The van der Waals surface area contributed by atoms with Crippen molar-refractivity contribution in [2.75, 3.05) is 13.6 Å². The summed E-state index contributed by atoms with van der Waals surface area (Å²) in [6.45, 7) is 3.67. The van der Waals surface area contributed by atoms with Crippen molar-refractivity contribution in [3.8, 4) is 0 Å². The zero-order valence-corrected chi connectivity index (χ0v) is 11.5. The smallest absolute Gasteiger partial charge is 0.0478 e. The molecular weight excluding hydrogens is 220 g/mol. The maximum Gasteiger partial charge on any atom is 0.0478 e. The molecule has 0 bridgehead atoms. The minimum absolute atomic E-state index is 0.510. The minimum Gasteiger partial charge on any atom is -0.312 e. The van der Waals surface area contributed by atoms with Gasteiger partial charge in [0.1, 0.15) is 0 Å². The first-order valence-electron chi connectivity index (χ1n) is 7.32. The molecule has 1 aliphatic carbocycles. The SMILES string of the molecule is CNC1c2ccccc2CCC1N1CCCC1C. The monoisotopic (exact) mass is 244 g/mol. The Kier molecular flexibility index (Phi) is 3.40. The Bertz CT molecular complexity index is 415. The second-order valence-corrected chi connectivity index (χ2v) is 5.80. The molecule has 0 spiro atoms. The highest BCUT2D eigenvalue weighted by atomic mass is 15.2. The van der Waals surface area contributed by atoms with Gasteiger partial charge in [0.05, 0.1) is 0 Å².